The number of carbonyl (C=O) groups excluding carboxylic acids is 2. The van der Waals surface area contributed by atoms with Gasteiger partial charge in [0.05, 0.1) is 28.5 Å². The second-order valence-corrected chi connectivity index (χ2v) is 12.4. The molecule has 0 radical (unpaired) electrons. The minimum absolute atomic E-state index is 0.0203. The number of ketones is 1. The minimum atomic E-state index is -4.75. The molecule has 0 atom stereocenters. The van der Waals surface area contributed by atoms with Gasteiger partial charge in [0.2, 0.25) is 5.91 Å². The van der Waals surface area contributed by atoms with Gasteiger partial charge in [0.15, 0.2) is 5.78 Å². The van der Waals surface area contributed by atoms with Gasteiger partial charge in [-0.15, -0.1) is 13.2 Å². The van der Waals surface area contributed by atoms with E-state index in [1.165, 1.54) is 42.1 Å². The average Bonchev–Trinajstić information content (AvgIpc) is 3.67. The van der Waals surface area contributed by atoms with Crippen molar-refractivity contribution in [2.45, 2.75) is 39.5 Å². The van der Waals surface area contributed by atoms with E-state index in [9.17, 15) is 22.8 Å². The van der Waals surface area contributed by atoms with Crippen LogP contribution in [0.1, 0.15) is 48.4 Å². The summed E-state index contributed by atoms with van der Waals surface area (Å²) in [5, 5.41) is 0.793. The maximum absolute atomic E-state index is 12.8. The first-order valence-electron chi connectivity index (χ1n) is 15.2. The van der Waals surface area contributed by atoms with E-state index in [-0.39, 0.29) is 29.8 Å². The molecule has 10 heteroatoms. The largest absolute Gasteiger partial charge is 0.573 e. The van der Waals surface area contributed by atoms with Crippen LogP contribution in [0.4, 0.5) is 18.9 Å². The third-order valence-corrected chi connectivity index (χ3v) is 8.56. The topological polar surface area (TPSA) is 64.4 Å². The van der Waals surface area contributed by atoms with Crippen molar-refractivity contribution < 1.29 is 27.5 Å². The van der Waals surface area contributed by atoms with E-state index < -0.39 is 6.36 Å². The summed E-state index contributed by atoms with van der Waals surface area (Å²) in [5.74, 6) is 0.249. The third-order valence-electron chi connectivity index (χ3n) is 7.55. The van der Waals surface area contributed by atoms with E-state index in [2.05, 4.69) is 42.3 Å². The van der Waals surface area contributed by atoms with Crippen LogP contribution in [-0.4, -0.2) is 33.4 Å². The predicted molar refractivity (Wildman–Crippen MR) is 187 cm³/mol. The molecule has 5 rings (SSSR count). The number of thioether (sulfide) groups is 1. The Hall–Kier alpha value is -5.09. The lowest BCUT2D eigenvalue weighted by molar-refractivity contribution is -0.274. The Kier molecular flexibility index (Phi) is 10.5. The highest BCUT2D eigenvalue weighted by molar-refractivity contribution is 8.04. The van der Waals surface area contributed by atoms with Crippen LogP contribution in [-0.2, 0) is 9.59 Å². The first kappa shape index (κ1) is 34.3. The van der Waals surface area contributed by atoms with Gasteiger partial charge in [-0.1, -0.05) is 80.8 Å². The number of imidazole rings is 1. The van der Waals surface area contributed by atoms with Crippen LogP contribution in [0.2, 0.25) is 0 Å². The second-order valence-electron chi connectivity index (χ2n) is 11.4. The average molecular weight is 670 g/mol. The number of carbonyl (C=O) groups is 2. The van der Waals surface area contributed by atoms with Crippen LogP contribution >= 0.6 is 11.8 Å². The van der Waals surface area contributed by atoms with Crippen molar-refractivity contribution in [2.75, 3.05) is 10.7 Å². The Morgan fingerprint density at radius 3 is 2.56 bits per heavy atom. The van der Waals surface area contributed by atoms with E-state index >= 15 is 0 Å². The summed E-state index contributed by atoms with van der Waals surface area (Å²) in [7, 11) is 0. The second kappa shape index (κ2) is 14.8. The third kappa shape index (κ3) is 8.43. The molecule has 0 spiro atoms. The number of allylic oxidation sites excluding steroid dienone is 4. The molecule has 4 aromatic rings. The fraction of sp³-hybridized carbons (Fsp3) is 0.184. The number of benzene rings is 3. The molecule has 1 aliphatic heterocycles. The zero-order valence-electron chi connectivity index (χ0n) is 26.7. The molecule has 1 aliphatic rings. The number of halogens is 3. The minimum Gasteiger partial charge on any atom is -0.406 e. The van der Waals surface area contributed by atoms with Crippen LogP contribution in [0.25, 0.3) is 29.1 Å². The number of aromatic nitrogens is 2. The van der Waals surface area contributed by atoms with Crippen molar-refractivity contribution in [1.29, 1.82) is 0 Å². The van der Waals surface area contributed by atoms with Gasteiger partial charge in [0.25, 0.3) is 0 Å². The van der Waals surface area contributed by atoms with Gasteiger partial charge in [-0.3, -0.25) is 14.5 Å². The molecule has 246 valence electrons. The molecule has 48 heavy (non-hydrogen) atoms. The Morgan fingerprint density at radius 2 is 1.85 bits per heavy atom. The number of hydrogen-bond donors (Lipinski definition) is 0. The van der Waals surface area contributed by atoms with Crippen molar-refractivity contribution in [2.24, 2.45) is 0 Å². The predicted octanol–water partition coefficient (Wildman–Crippen LogP) is 9.66. The molecule has 6 nitrogen and oxygen atoms in total. The Balaban J connectivity index is 1.22. The summed E-state index contributed by atoms with van der Waals surface area (Å²) >= 11 is 1.46. The van der Waals surface area contributed by atoms with Gasteiger partial charge < -0.3 is 9.30 Å². The molecule has 1 aromatic heterocycles. The van der Waals surface area contributed by atoms with Gasteiger partial charge in [0.1, 0.15) is 5.75 Å². The molecule has 1 amide bonds. The van der Waals surface area contributed by atoms with Crippen molar-refractivity contribution in [1.82, 2.24) is 9.55 Å². The lowest BCUT2D eigenvalue weighted by Crippen LogP contribution is -2.25. The van der Waals surface area contributed by atoms with E-state index in [1.54, 1.807) is 40.2 Å². The molecular formula is C38H34F3N3O3S. The SMILES string of the molecule is C=Cc1cc(-c2cn(-c3ccc(OC(F)(F)F)cc3)cn2)ccc1/C=C/CC(=O)/C=C/C=C1SCC(=O)N1c1cc(C)ccc1C(C)C. The van der Waals surface area contributed by atoms with E-state index in [0.29, 0.717) is 17.1 Å². The fourth-order valence-corrected chi connectivity index (χ4v) is 6.11. The molecule has 0 bridgehead atoms. The van der Waals surface area contributed by atoms with Gasteiger partial charge >= 0.3 is 6.36 Å². The lowest BCUT2D eigenvalue weighted by atomic mass is 9.98. The van der Waals surface area contributed by atoms with Crippen molar-refractivity contribution in [3.05, 3.63) is 131 Å². The number of alkyl halides is 3. The summed E-state index contributed by atoms with van der Waals surface area (Å²) < 4.78 is 43.0. The van der Waals surface area contributed by atoms with Gasteiger partial charge in [-0.2, -0.15) is 0 Å². The molecule has 3 aromatic carbocycles. The first-order chi connectivity index (χ1) is 22.9. The highest BCUT2D eigenvalue weighted by Crippen LogP contribution is 2.38. The van der Waals surface area contributed by atoms with E-state index in [4.69, 9.17) is 0 Å². The molecule has 0 unspecified atom stereocenters. The van der Waals surface area contributed by atoms with Crippen LogP contribution in [0.15, 0.2) is 109 Å². The molecular weight excluding hydrogens is 635 g/mol. The zero-order valence-corrected chi connectivity index (χ0v) is 27.5. The Bertz CT molecular complexity index is 1920. The Labute approximate surface area is 281 Å². The quantitative estimate of drug-likeness (QED) is 0.149. The number of anilines is 1. The fourth-order valence-electron chi connectivity index (χ4n) is 5.20. The highest BCUT2D eigenvalue weighted by Gasteiger charge is 2.31. The summed E-state index contributed by atoms with van der Waals surface area (Å²) in [6.45, 7) is 10.1. The maximum atomic E-state index is 12.8. The van der Waals surface area contributed by atoms with Crippen LogP contribution < -0.4 is 9.64 Å². The molecule has 0 aliphatic carbocycles. The number of rotatable bonds is 11. The number of aryl methyl sites for hydroxylation is 1. The van der Waals surface area contributed by atoms with Crippen LogP contribution in [0.3, 0.4) is 0 Å². The molecule has 1 fully saturated rings. The number of amides is 1. The lowest BCUT2D eigenvalue weighted by Gasteiger charge is -2.23. The van der Waals surface area contributed by atoms with E-state index in [0.717, 1.165) is 38.5 Å². The molecule has 2 heterocycles. The normalized spacial score (nSPS) is 14.6. The molecule has 0 N–H and O–H groups in total. The van der Waals surface area contributed by atoms with Crippen molar-refractivity contribution in [3.8, 4) is 22.7 Å². The van der Waals surface area contributed by atoms with E-state index in [1.807, 2.05) is 43.3 Å². The van der Waals surface area contributed by atoms with Gasteiger partial charge in [0, 0.05) is 23.9 Å². The van der Waals surface area contributed by atoms with Crippen molar-refractivity contribution in [3.63, 3.8) is 0 Å². The van der Waals surface area contributed by atoms with Crippen LogP contribution in [0, 0.1) is 6.92 Å². The summed E-state index contributed by atoms with van der Waals surface area (Å²) in [5.41, 5.74) is 6.91. The monoisotopic (exact) mass is 669 g/mol. The number of nitrogens with zero attached hydrogens (tertiary/aromatic N) is 3. The first-order valence-corrected chi connectivity index (χ1v) is 16.2. The summed E-state index contributed by atoms with van der Waals surface area (Å²) in [6, 6.07) is 17.4. The van der Waals surface area contributed by atoms with Gasteiger partial charge in [-0.25, -0.2) is 4.98 Å². The van der Waals surface area contributed by atoms with Crippen molar-refractivity contribution >= 4 is 41.3 Å². The Morgan fingerprint density at radius 1 is 1.08 bits per heavy atom. The van der Waals surface area contributed by atoms with Crippen LogP contribution in [0.5, 0.6) is 5.75 Å². The summed E-state index contributed by atoms with van der Waals surface area (Å²) in [6.07, 6.45) is 9.22. The zero-order chi connectivity index (χ0) is 34.4. The smallest absolute Gasteiger partial charge is 0.406 e. The molecule has 1 saturated heterocycles. The standard InChI is InChI=1S/C38H34F3N3O3S/c1-5-27-21-29(34-22-43(24-42-34)30-15-17-32(18-16-30)47-38(39,40)41)14-13-28(27)8-6-9-31(45)10-7-11-37-44(36(46)23-48-37)35-20-26(4)12-19-33(35)25(2)3/h5-8,10-22,24-25H,1,9,23H2,2-4H3/b8-6+,10-7+,37-11?. The number of ether oxygens (including phenoxy) is 1. The highest BCUT2D eigenvalue weighted by atomic mass is 32.2. The number of hydrogen-bond acceptors (Lipinski definition) is 5. The summed E-state index contributed by atoms with van der Waals surface area (Å²) in [4.78, 5) is 31.7. The molecule has 0 saturated carbocycles. The maximum Gasteiger partial charge on any atom is 0.573 e. The van der Waals surface area contributed by atoms with Gasteiger partial charge in [-0.05, 0) is 83.6 Å².